The number of nitrogens with two attached hydrogens (primary N) is 1. The third-order valence-electron chi connectivity index (χ3n) is 4.08. The molecule has 1 aliphatic heterocycles. The summed E-state index contributed by atoms with van der Waals surface area (Å²) in [5.74, 6) is -0.706. The van der Waals surface area contributed by atoms with E-state index >= 15 is 0 Å². The van der Waals surface area contributed by atoms with Crippen molar-refractivity contribution in [2.45, 2.75) is 25.3 Å². The molecule has 1 unspecified atom stereocenters. The van der Waals surface area contributed by atoms with Crippen LogP contribution in [-0.4, -0.2) is 33.5 Å². The molecular weight excluding hydrogens is 316 g/mol. The van der Waals surface area contributed by atoms with E-state index in [4.69, 9.17) is 17.3 Å². The number of likely N-dealkylation sites (tertiary alicyclic amines) is 1. The highest BCUT2D eigenvalue weighted by Crippen LogP contribution is 2.32. The minimum atomic E-state index is -0.590. The number of hydrogen-bond donors (Lipinski definition) is 2. The summed E-state index contributed by atoms with van der Waals surface area (Å²) in [4.78, 5) is 25.9. The standard InChI is InChI=1S/C16H17ClN4O2/c17-11-6-2-1-5-10(11)16(23)21-8-4-3-7-14(21)12-9-13(15(18)22)20-19-12/h1-2,5-6,9,14H,3-4,7-8H2,(H2,18,22)(H,19,20). The topological polar surface area (TPSA) is 92.1 Å². The van der Waals surface area contributed by atoms with Crippen molar-refractivity contribution in [1.29, 1.82) is 0 Å². The number of nitrogens with one attached hydrogen (secondary N) is 1. The molecule has 2 heterocycles. The molecule has 3 N–H and O–H groups in total. The molecule has 2 aromatic rings. The maximum atomic E-state index is 12.9. The van der Waals surface area contributed by atoms with Crippen LogP contribution in [0.5, 0.6) is 0 Å². The molecule has 0 bridgehead atoms. The van der Waals surface area contributed by atoms with Crippen molar-refractivity contribution in [3.05, 3.63) is 52.3 Å². The molecule has 1 aromatic heterocycles. The lowest BCUT2D eigenvalue weighted by atomic mass is 9.98. The van der Waals surface area contributed by atoms with E-state index in [1.54, 1.807) is 35.2 Å². The molecule has 3 rings (SSSR count). The molecule has 7 heteroatoms. The number of primary amides is 1. The molecule has 0 aliphatic carbocycles. The maximum Gasteiger partial charge on any atom is 0.269 e. The molecule has 1 aromatic carbocycles. The van der Waals surface area contributed by atoms with E-state index in [2.05, 4.69) is 10.2 Å². The van der Waals surface area contributed by atoms with Gasteiger partial charge in [0.15, 0.2) is 0 Å². The minimum absolute atomic E-state index is 0.115. The van der Waals surface area contributed by atoms with Gasteiger partial charge in [0.25, 0.3) is 11.8 Å². The minimum Gasteiger partial charge on any atom is -0.364 e. The first kappa shape index (κ1) is 15.6. The lowest BCUT2D eigenvalue weighted by Crippen LogP contribution is -2.38. The zero-order valence-corrected chi connectivity index (χ0v) is 13.2. The highest BCUT2D eigenvalue weighted by Gasteiger charge is 2.31. The molecule has 23 heavy (non-hydrogen) atoms. The van der Waals surface area contributed by atoms with Crippen LogP contribution in [0, 0.1) is 0 Å². The Morgan fingerprint density at radius 3 is 2.78 bits per heavy atom. The Bertz CT molecular complexity index is 743. The fraction of sp³-hybridized carbons (Fsp3) is 0.312. The van der Waals surface area contributed by atoms with Crippen molar-refractivity contribution >= 4 is 23.4 Å². The Morgan fingerprint density at radius 2 is 2.09 bits per heavy atom. The molecule has 1 fully saturated rings. The molecular formula is C16H17ClN4O2. The van der Waals surface area contributed by atoms with Crippen LogP contribution in [0.3, 0.4) is 0 Å². The summed E-state index contributed by atoms with van der Waals surface area (Å²) in [5, 5.41) is 7.18. The smallest absolute Gasteiger partial charge is 0.269 e. The van der Waals surface area contributed by atoms with Crippen LogP contribution < -0.4 is 5.73 Å². The molecule has 120 valence electrons. The average Bonchev–Trinajstić information content (AvgIpc) is 3.05. The van der Waals surface area contributed by atoms with Gasteiger partial charge in [-0.2, -0.15) is 5.10 Å². The summed E-state index contributed by atoms with van der Waals surface area (Å²) < 4.78 is 0. The van der Waals surface area contributed by atoms with Gasteiger partial charge < -0.3 is 10.6 Å². The van der Waals surface area contributed by atoms with Gasteiger partial charge in [0.05, 0.1) is 22.3 Å². The number of benzene rings is 1. The summed E-state index contributed by atoms with van der Waals surface area (Å²) >= 11 is 6.15. The number of aromatic amines is 1. The van der Waals surface area contributed by atoms with Gasteiger partial charge in [-0.3, -0.25) is 14.7 Å². The second-order valence-corrected chi connectivity index (χ2v) is 5.97. The second kappa shape index (κ2) is 6.42. The van der Waals surface area contributed by atoms with Crippen LogP contribution in [0.2, 0.25) is 5.02 Å². The molecule has 1 atom stereocenters. The van der Waals surface area contributed by atoms with E-state index in [1.807, 2.05) is 0 Å². The van der Waals surface area contributed by atoms with Crippen molar-refractivity contribution < 1.29 is 9.59 Å². The molecule has 1 aliphatic rings. The zero-order valence-electron chi connectivity index (χ0n) is 12.5. The van der Waals surface area contributed by atoms with Crippen LogP contribution in [-0.2, 0) is 0 Å². The predicted molar refractivity (Wildman–Crippen MR) is 86.2 cm³/mol. The number of rotatable bonds is 3. The number of carbonyl (C=O) groups excluding carboxylic acids is 2. The fourth-order valence-electron chi connectivity index (χ4n) is 2.92. The predicted octanol–water partition coefficient (Wildman–Crippen LogP) is 2.53. The number of amides is 2. The second-order valence-electron chi connectivity index (χ2n) is 5.56. The van der Waals surface area contributed by atoms with Gasteiger partial charge in [0.2, 0.25) is 0 Å². The lowest BCUT2D eigenvalue weighted by Gasteiger charge is -2.35. The van der Waals surface area contributed by atoms with Crippen molar-refractivity contribution in [2.24, 2.45) is 5.73 Å². The highest BCUT2D eigenvalue weighted by molar-refractivity contribution is 6.33. The average molecular weight is 333 g/mol. The molecule has 0 radical (unpaired) electrons. The molecule has 1 saturated heterocycles. The first-order valence-electron chi connectivity index (χ1n) is 7.48. The van der Waals surface area contributed by atoms with Gasteiger partial charge in [-0.15, -0.1) is 0 Å². The third kappa shape index (κ3) is 3.07. The summed E-state index contributed by atoms with van der Waals surface area (Å²) in [6, 6.07) is 8.46. The van der Waals surface area contributed by atoms with Gasteiger partial charge >= 0.3 is 0 Å². The summed E-state index contributed by atoms with van der Waals surface area (Å²) in [5.41, 5.74) is 6.62. The quantitative estimate of drug-likeness (QED) is 0.904. The van der Waals surface area contributed by atoms with E-state index in [0.29, 0.717) is 17.1 Å². The maximum absolute atomic E-state index is 12.9. The van der Waals surface area contributed by atoms with Crippen LogP contribution in [0.15, 0.2) is 30.3 Å². The van der Waals surface area contributed by atoms with Crippen LogP contribution >= 0.6 is 11.6 Å². The van der Waals surface area contributed by atoms with Crippen molar-refractivity contribution in [2.75, 3.05) is 6.54 Å². The van der Waals surface area contributed by atoms with Crippen LogP contribution in [0.25, 0.3) is 0 Å². The lowest BCUT2D eigenvalue weighted by molar-refractivity contribution is 0.0606. The zero-order chi connectivity index (χ0) is 16.4. The summed E-state index contributed by atoms with van der Waals surface area (Å²) in [7, 11) is 0. The van der Waals surface area contributed by atoms with Gasteiger partial charge in [-0.25, -0.2) is 0 Å². The number of carbonyl (C=O) groups is 2. The Labute approximate surface area is 138 Å². The van der Waals surface area contributed by atoms with Crippen molar-refractivity contribution in [3.8, 4) is 0 Å². The molecule has 6 nitrogen and oxygen atoms in total. The number of halogens is 1. The SMILES string of the molecule is NC(=O)c1cc(C2CCCCN2C(=O)c2ccccc2Cl)[nH]n1. The van der Waals surface area contributed by atoms with Gasteiger partial charge in [0.1, 0.15) is 5.69 Å². The fourth-order valence-corrected chi connectivity index (χ4v) is 3.14. The normalized spacial score (nSPS) is 18.0. The summed E-state index contributed by atoms with van der Waals surface area (Å²) in [6.07, 6.45) is 2.74. The molecule has 2 amide bonds. The van der Waals surface area contributed by atoms with Gasteiger partial charge in [-0.05, 0) is 37.5 Å². The number of piperidine rings is 1. The summed E-state index contributed by atoms with van der Waals surface area (Å²) in [6.45, 7) is 0.639. The Hall–Kier alpha value is -2.34. The van der Waals surface area contributed by atoms with Gasteiger partial charge in [-0.1, -0.05) is 23.7 Å². The van der Waals surface area contributed by atoms with E-state index in [-0.39, 0.29) is 17.6 Å². The van der Waals surface area contributed by atoms with Gasteiger partial charge in [0, 0.05) is 6.54 Å². The highest BCUT2D eigenvalue weighted by atomic mass is 35.5. The van der Waals surface area contributed by atoms with E-state index < -0.39 is 5.91 Å². The number of H-pyrrole nitrogens is 1. The monoisotopic (exact) mass is 332 g/mol. The molecule has 0 spiro atoms. The first-order valence-corrected chi connectivity index (χ1v) is 7.86. The van der Waals surface area contributed by atoms with Crippen LogP contribution in [0.4, 0.5) is 0 Å². The van der Waals surface area contributed by atoms with E-state index in [9.17, 15) is 9.59 Å². The van der Waals surface area contributed by atoms with Crippen molar-refractivity contribution in [1.82, 2.24) is 15.1 Å². The third-order valence-corrected chi connectivity index (χ3v) is 4.41. The largest absolute Gasteiger partial charge is 0.364 e. The Balaban J connectivity index is 1.90. The number of nitrogens with zero attached hydrogens (tertiary/aromatic N) is 2. The molecule has 0 saturated carbocycles. The number of hydrogen-bond acceptors (Lipinski definition) is 3. The Kier molecular flexibility index (Phi) is 4.34. The number of aromatic nitrogens is 2. The first-order chi connectivity index (χ1) is 11.1. The Morgan fingerprint density at radius 1 is 1.30 bits per heavy atom. The van der Waals surface area contributed by atoms with E-state index in [1.165, 1.54) is 0 Å². The van der Waals surface area contributed by atoms with Crippen LogP contribution in [0.1, 0.15) is 51.8 Å². The van der Waals surface area contributed by atoms with E-state index in [0.717, 1.165) is 25.0 Å². The van der Waals surface area contributed by atoms with Crippen molar-refractivity contribution in [3.63, 3.8) is 0 Å².